The molecule has 0 aliphatic carbocycles. The Morgan fingerprint density at radius 2 is 0.875 bits per heavy atom. The minimum absolute atomic E-state index is 0.0144. The van der Waals surface area contributed by atoms with Gasteiger partial charge in [-0.25, -0.2) is 0 Å². The van der Waals surface area contributed by atoms with Crippen molar-refractivity contribution >= 4 is 110 Å². The first kappa shape index (κ1) is 48.8. The number of nitrogens with two attached hydrogens (primary N) is 1. The van der Waals surface area contributed by atoms with Gasteiger partial charge < -0.3 is 0 Å². The quantitative estimate of drug-likeness (QED) is 0.0373. The molecular weight excluding hydrogens is 992 g/mol. The Hall–Kier alpha value is -4.67. The van der Waals surface area contributed by atoms with Crippen LogP contribution in [0.3, 0.4) is 0 Å². The van der Waals surface area contributed by atoms with Crippen LogP contribution < -0.4 is 48.2 Å². The molecule has 0 spiro atoms. The molecule has 0 radical (unpaired) electrons. The van der Waals surface area contributed by atoms with Crippen LogP contribution in [-0.4, -0.2) is 73.7 Å². The van der Waals surface area contributed by atoms with E-state index in [1.54, 1.807) is 0 Å². The van der Waals surface area contributed by atoms with Crippen LogP contribution in [0.4, 0.5) is 0 Å². The van der Waals surface area contributed by atoms with Crippen molar-refractivity contribution in [2.24, 2.45) is 5.73 Å². The van der Waals surface area contributed by atoms with Gasteiger partial charge in [-0.1, -0.05) is 0 Å². The molecule has 0 fully saturated rings. The second kappa shape index (κ2) is 22.0. The number of nitrogens with one attached hydrogen (secondary N) is 2. The second-order valence-electron chi connectivity index (χ2n) is 15.4. The van der Waals surface area contributed by atoms with Gasteiger partial charge in [0, 0.05) is 0 Å². The maximum absolute atomic E-state index is 13.3. The van der Waals surface area contributed by atoms with E-state index in [-0.39, 0.29) is 31.8 Å². The van der Waals surface area contributed by atoms with Gasteiger partial charge in [0.2, 0.25) is 0 Å². The monoisotopic (exact) mass is 1040 g/mol. The van der Waals surface area contributed by atoms with Crippen molar-refractivity contribution in [1.82, 2.24) is 10.6 Å². The second-order valence-corrected chi connectivity index (χ2v) is 33.9. The number of ether oxygens (including phenoxy) is 2. The zero-order valence-corrected chi connectivity index (χ0v) is 41.1. The molecule has 0 saturated carbocycles. The molecule has 64 heavy (non-hydrogen) atoms. The summed E-state index contributed by atoms with van der Waals surface area (Å²) in [6.07, 6.45) is 0.764. The van der Waals surface area contributed by atoms with E-state index in [0.29, 0.717) is 12.3 Å². The number of thiol groups is 1. The van der Waals surface area contributed by atoms with Crippen LogP contribution in [-0.2, 0) is 28.7 Å². The van der Waals surface area contributed by atoms with E-state index >= 15 is 0 Å². The van der Waals surface area contributed by atoms with Crippen LogP contribution in [0.1, 0.15) is 12.8 Å². The van der Waals surface area contributed by atoms with Crippen LogP contribution in [0.15, 0.2) is 182 Å². The summed E-state index contributed by atoms with van der Waals surface area (Å²) in [7, 11) is 0. The number of carbonyl (C=O) groups excluding carboxylic acids is 4. The fraction of sp³-hybridized carbons (Fsp3) is 0.200. The van der Waals surface area contributed by atoms with Gasteiger partial charge in [-0.2, -0.15) is 0 Å². The Morgan fingerprint density at radius 1 is 0.547 bits per heavy atom. The Morgan fingerprint density at radius 3 is 1.20 bits per heavy atom. The predicted molar refractivity (Wildman–Crippen MR) is 276 cm³/mol. The van der Waals surface area contributed by atoms with E-state index < -0.39 is 53.0 Å². The molecule has 2 atom stereocenters. The molecule has 0 bridgehead atoms. The molecule has 0 aliphatic rings. The Bertz CT molecular complexity index is 2280. The zero-order chi connectivity index (χ0) is 45.5. The molecule has 334 valence electrons. The van der Waals surface area contributed by atoms with Crippen molar-refractivity contribution in [1.29, 1.82) is 0 Å². The average Bonchev–Trinajstić information content (AvgIpc) is 3.35. The van der Waals surface area contributed by atoms with Crippen LogP contribution in [0, 0.1) is 0 Å². The van der Waals surface area contributed by atoms with E-state index in [0.717, 1.165) is 31.8 Å². The summed E-state index contributed by atoms with van der Waals surface area (Å²) in [5.74, 6) is -2.41. The fourth-order valence-electron chi connectivity index (χ4n) is 8.06. The summed E-state index contributed by atoms with van der Waals surface area (Å²) >= 11 is 13.0. The molecule has 6 aromatic rings. The molecule has 0 unspecified atom stereocenters. The number of esters is 2. The van der Waals surface area contributed by atoms with Gasteiger partial charge in [-0.05, 0) is 0 Å². The van der Waals surface area contributed by atoms with Gasteiger partial charge in [0.25, 0.3) is 0 Å². The van der Waals surface area contributed by atoms with E-state index in [4.69, 9.17) is 15.2 Å². The number of hydrogen-bond acceptors (Lipinski definition) is 8. The summed E-state index contributed by atoms with van der Waals surface area (Å²) < 4.78 is 11.6. The standard InChI is InChI=1S/C50H53Br2N3O6P2S/c51-62(39-19-7-1-8-20-39,40-21-9-2-10-22-40,41-23-11-3-12-24-41)35-33-60-48(57)37-54-49(58)46(38-64)55-47(56)32-31-45(53)50(59)61-34-36-63(52,42-25-13-4-14-26-42,43-27-15-5-16-28-43)44-29-17-6-18-30-44/h1-30,45-46,64H,31-38,53H2,(H,54,58)(H,55,56)/t45-,46-/m0/s1. The SMILES string of the molecule is N[C@@H](CCC(=O)N[C@@H](CS)C(=O)NCC(=O)OCCP(Br)(c1ccccc1)(c1ccccc1)c1ccccc1)C(=O)OCCP(Br)(c1ccccc1)(c1ccccc1)c1ccccc1. The molecule has 0 heterocycles. The summed E-state index contributed by atoms with van der Waals surface area (Å²) in [5.41, 5.74) is 6.26. The topological polar surface area (TPSA) is 137 Å². The zero-order valence-electron chi connectivity index (χ0n) is 35.3. The molecule has 9 nitrogen and oxygen atoms in total. The van der Waals surface area contributed by atoms with Crippen molar-refractivity contribution in [2.75, 3.05) is 37.8 Å². The van der Waals surface area contributed by atoms with Gasteiger partial charge in [0.05, 0.1) is 0 Å². The van der Waals surface area contributed by atoms with Crippen molar-refractivity contribution in [3.8, 4) is 0 Å². The van der Waals surface area contributed by atoms with Crippen LogP contribution in [0.2, 0.25) is 0 Å². The van der Waals surface area contributed by atoms with Gasteiger partial charge in [0.15, 0.2) is 0 Å². The normalized spacial score (nSPS) is 13.7. The van der Waals surface area contributed by atoms with Gasteiger partial charge in [-0.3, -0.25) is 0 Å². The minimum atomic E-state index is -3.33. The summed E-state index contributed by atoms with van der Waals surface area (Å²) in [4.78, 5) is 52.5. The average molecular weight is 1050 g/mol. The molecule has 14 heteroatoms. The van der Waals surface area contributed by atoms with Crippen molar-refractivity contribution in [3.05, 3.63) is 182 Å². The first-order chi connectivity index (χ1) is 30.9. The van der Waals surface area contributed by atoms with Crippen molar-refractivity contribution in [2.45, 2.75) is 24.9 Å². The van der Waals surface area contributed by atoms with Gasteiger partial charge >= 0.3 is 400 Å². The third-order valence-electron chi connectivity index (χ3n) is 11.5. The fourth-order valence-corrected chi connectivity index (χ4v) is 22.4. The Labute approximate surface area is 397 Å². The molecule has 6 rings (SSSR count). The third-order valence-corrected chi connectivity index (χ3v) is 31.7. The Kier molecular flexibility index (Phi) is 16.8. The van der Waals surface area contributed by atoms with Crippen molar-refractivity contribution < 1.29 is 28.7 Å². The maximum atomic E-state index is 13.3. The number of halogens is 2. The van der Waals surface area contributed by atoms with Gasteiger partial charge in [0.1, 0.15) is 0 Å². The van der Waals surface area contributed by atoms with Crippen molar-refractivity contribution in [3.63, 3.8) is 0 Å². The summed E-state index contributed by atoms with van der Waals surface area (Å²) in [5, 5.41) is 5.07. The van der Waals surface area contributed by atoms with Crippen LogP contribution in [0.5, 0.6) is 0 Å². The molecule has 0 aromatic heterocycles. The van der Waals surface area contributed by atoms with E-state index in [9.17, 15) is 19.2 Å². The van der Waals surface area contributed by atoms with E-state index in [2.05, 4.69) is 127 Å². The van der Waals surface area contributed by atoms with Gasteiger partial charge in [-0.15, -0.1) is 0 Å². The molecule has 0 aliphatic heterocycles. The van der Waals surface area contributed by atoms with E-state index in [1.165, 1.54) is 0 Å². The summed E-state index contributed by atoms with van der Waals surface area (Å²) in [6, 6.07) is 58.9. The molecular formula is C50H53Br2N3O6P2S. The predicted octanol–water partition coefficient (Wildman–Crippen LogP) is 6.39. The van der Waals surface area contributed by atoms with Crippen LogP contribution >= 0.6 is 54.2 Å². The molecule has 4 N–H and O–H groups in total. The molecule has 2 amide bonds. The van der Waals surface area contributed by atoms with E-state index in [1.807, 2.05) is 109 Å². The third kappa shape index (κ3) is 10.5. The number of rotatable bonds is 21. The Balaban J connectivity index is 1.01. The first-order valence-electron chi connectivity index (χ1n) is 21.0. The van der Waals surface area contributed by atoms with Crippen LogP contribution in [0.25, 0.3) is 0 Å². The summed E-state index contributed by atoms with van der Waals surface area (Å²) in [6.45, 7) is -0.275. The molecule has 0 saturated heterocycles. The molecule has 6 aromatic carbocycles. The number of carbonyl (C=O) groups is 4. The number of benzene rings is 6. The first-order valence-corrected chi connectivity index (χ1v) is 30.5. The number of hydrogen-bond donors (Lipinski definition) is 4. The number of amides is 2.